The number of nitriles is 1. The summed E-state index contributed by atoms with van der Waals surface area (Å²) in [6.45, 7) is 0. The monoisotopic (exact) mass is 195 g/mol. The van der Waals surface area contributed by atoms with Crippen molar-refractivity contribution in [1.29, 1.82) is 5.26 Å². The fourth-order valence-electron chi connectivity index (χ4n) is 1.04. The van der Waals surface area contributed by atoms with Crippen LogP contribution >= 0.6 is 0 Å². The predicted molar refractivity (Wildman–Crippen MR) is 46.8 cm³/mol. The van der Waals surface area contributed by atoms with Gasteiger partial charge in [-0.05, 0) is 6.07 Å². The number of nitrogens with zero attached hydrogens (tertiary/aromatic N) is 2. The number of hydrogen-bond acceptors (Lipinski definition) is 4. The van der Waals surface area contributed by atoms with Crippen LogP contribution in [0.3, 0.4) is 0 Å². The topological polar surface area (TPSA) is 92.9 Å². The zero-order valence-electron chi connectivity index (χ0n) is 7.03. The van der Waals surface area contributed by atoms with Crippen LogP contribution in [-0.4, -0.2) is 4.92 Å². The molecular formula is C8H6FN3O2. The summed E-state index contributed by atoms with van der Waals surface area (Å²) in [4.78, 5) is 9.70. The third kappa shape index (κ3) is 1.61. The van der Waals surface area contributed by atoms with Gasteiger partial charge in [-0.1, -0.05) is 0 Å². The highest BCUT2D eigenvalue weighted by atomic mass is 19.1. The van der Waals surface area contributed by atoms with Crippen LogP contribution in [0.15, 0.2) is 12.1 Å². The summed E-state index contributed by atoms with van der Waals surface area (Å²) in [5, 5.41) is 18.8. The molecule has 0 atom stereocenters. The van der Waals surface area contributed by atoms with Crippen molar-refractivity contribution in [2.75, 3.05) is 5.73 Å². The number of nitro benzene ring substituents is 1. The minimum Gasteiger partial charge on any atom is -0.393 e. The molecule has 6 heteroatoms. The van der Waals surface area contributed by atoms with E-state index < -0.39 is 10.7 Å². The van der Waals surface area contributed by atoms with Crippen LogP contribution in [0, 0.1) is 27.3 Å². The third-order valence-corrected chi connectivity index (χ3v) is 1.73. The Morgan fingerprint density at radius 2 is 2.29 bits per heavy atom. The summed E-state index contributed by atoms with van der Waals surface area (Å²) >= 11 is 0. The number of benzene rings is 1. The molecule has 0 spiro atoms. The van der Waals surface area contributed by atoms with Gasteiger partial charge < -0.3 is 5.73 Å². The molecule has 1 aromatic carbocycles. The van der Waals surface area contributed by atoms with Crippen LogP contribution in [0.1, 0.15) is 5.56 Å². The van der Waals surface area contributed by atoms with E-state index in [1.807, 2.05) is 0 Å². The lowest BCUT2D eigenvalue weighted by Gasteiger charge is -2.03. The summed E-state index contributed by atoms with van der Waals surface area (Å²) in [6, 6.07) is 3.60. The lowest BCUT2D eigenvalue weighted by atomic mass is 10.1. The first-order valence-electron chi connectivity index (χ1n) is 3.66. The summed E-state index contributed by atoms with van der Waals surface area (Å²) in [7, 11) is 0. The first-order valence-corrected chi connectivity index (χ1v) is 3.66. The molecular weight excluding hydrogens is 189 g/mol. The van der Waals surface area contributed by atoms with Crippen molar-refractivity contribution in [3.05, 3.63) is 33.6 Å². The molecule has 0 fully saturated rings. The van der Waals surface area contributed by atoms with Gasteiger partial charge in [-0.15, -0.1) is 0 Å². The van der Waals surface area contributed by atoms with E-state index >= 15 is 0 Å². The average molecular weight is 195 g/mol. The Labute approximate surface area is 78.7 Å². The number of nitrogen functional groups attached to an aromatic ring is 1. The van der Waals surface area contributed by atoms with Gasteiger partial charge in [0.1, 0.15) is 11.5 Å². The maximum atomic E-state index is 13.0. The van der Waals surface area contributed by atoms with Gasteiger partial charge in [0.05, 0.1) is 17.4 Å². The molecule has 14 heavy (non-hydrogen) atoms. The van der Waals surface area contributed by atoms with Gasteiger partial charge >= 0.3 is 0 Å². The van der Waals surface area contributed by atoms with E-state index in [1.54, 1.807) is 6.07 Å². The van der Waals surface area contributed by atoms with Crippen molar-refractivity contribution in [3.8, 4) is 6.07 Å². The normalized spacial score (nSPS) is 9.43. The Morgan fingerprint density at radius 3 is 2.79 bits per heavy atom. The Hall–Kier alpha value is -2.16. The number of anilines is 1. The molecule has 1 aromatic rings. The molecule has 5 nitrogen and oxygen atoms in total. The summed E-state index contributed by atoms with van der Waals surface area (Å²) in [6.07, 6.45) is -0.278. The van der Waals surface area contributed by atoms with Gasteiger partial charge in [-0.2, -0.15) is 5.26 Å². The molecule has 0 heterocycles. The van der Waals surface area contributed by atoms with E-state index in [4.69, 9.17) is 11.0 Å². The second-order valence-corrected chi connectivity index (χ2v) is 2.55. The van der Waals surface area contributed by atoms with Crippen molar-refractivity contribution in [3.63, 3.8) is 0 Å². The molecule has 0 aromatic heterocycles. The molecule has 0 unspecified atom stereocenters. The van der Waals surface area contributed by atoms with Gasteiger partial charge in [0.15, 0.2) is 0 Å². The molecule has 0 aliphatic carbocycles. The maximum Gasteiger partial charge on any atom is 0.292 e. The predicted octanol–water partition coefficient (Wildman–Crippen LogP) is 1.38. The largest absolute Gasteiger partial charge is 0.393 e. The van der Waals surface area contributed by atoms with Gasteiger partial charge in [-0.25, -0.2) is 4.39 Å². The van der Waals surface area contributed by atoms with Crippen molar-refractivity contribution in [2.24, 2.45) is 0 Å². The number of nitrogens with two attached hydrogens (primary N) is 1. The van der Waals surface area contributed by atoms with E-state index in [9.17, 15) is 14.5 Å². The number of nitro groups is 1. The first kappa shape index (κ1) is 9.92. The van der Waals surface area contributed by atoms with Gasteiger partial charge in [0, 0.05) is 11.6 Å². The van der Waals surface area contributed by atoms with Crippen LogP contribution in [-0.2, 0) is 6.42 Å². The highest BCUT2D eigenvalue weighted by molar-refractivity contribution is 5.64. The second-order valence-electron chi connectivity index (χ2n) is 2.55. The van der Waals surface area contributed by atoms with Crippen molar-refractivity contribution in [1.82, 2.24) is 0 Å². The molecule has 0 aliphatic rings. The standard InChI is InChI=1S/C8H6FN3O2/c9-6-1-2-7(12(13)14)8(11)5(6)3-4-10/h1-2H,3,11H2. The van der Waals surface area contributed by atoms with Crippen LogP contribution in [0.2, 0.25) is 0 Å². The van der Waals surface area contributed by atoms with Gasteiger partial charge in [-0.3, -0.25) is 10.1 Å². The maximum absolute atomic E-state index is 13.0. The van der Waals surface area contributed by atoms with Gasteiger partial charge in [0.25, 0.3) is 5.69 Å². The lowest BCUT2D eigenvalue weighted by molar-refractivity contribution is -0.384. The zero-order valence-corrected chi connectivity index (χ0v) is 7.03. The van der Waals surface area contributed by atoms with Crippen LogP contribution in [0.4, 0.5) is 15.8 Å². The van der Waals surface area contributed by atoms with Gasteiger partial charge in [0.2, 0.25) is 0 Å². The molecule has 1 rings (SSSR count). The summed E-state index contributed by atoms with van der Waals surface area (Å²) in [5.41, 5.74) is 4.56. The molecule has 0 saturated carbocycles. The number of rotatable bonds is 2. The molecule has 0 bridgehead atoms. The quantitative estimate of drug-likeness (QED) is 0.438. The van der Waals surface area contributed by atoms with Crippen LogP contribution in [0.25, 0.3) is 0 Å². The molecule has 0 amide bonds. The second kappa shape index (κ2) is 3.70. The molecule has 2 N–H and O–H groups in total. The number of halogens is 1. The van der Waals surface area contributed by atoms with Crippen LogP contribution < -0.4 is 5.73 Å². The smallest absolute Gasteiger partial charge is 0.292 e. The zero-order chi connectivity index (χ0) is 10.7. The Morgan fingerprint density at radius 1 is 1.64 bits per heavy atom. The summed E-state index contributed by atoms with van der Waals surface area (Å²) in [5.74, 6) is -0.699. The summed E-state index contributed by atoms with van der Waals surface area (Å²) < 4.78 is 13.0. The number of hydrogen-bond donors (Lipinski definition) is 1. The highest BCUT2D eigenvalue weighted by Crippen LogP contribution is 2.27. The molecule has 0 aliphatic heterocycles. The average Bonchev–Trinajstić information content (AvgIpc) is 2.11. The van der Waals surface area contributed by atoms with E-state index in [1.165, 1.54) is 0 Å². The van der Waals surface area contributed by atoms with Crippen molar-refractivity contribution < 1.29 is 9.31 Å². The molecule has 0 saturated heterocycles. The lowest BCUT2D eigenvalue weighted by Crippen LogP contribution is -2.02. The van der Waals surface area contributed by atoms with Crippen molar-refractivity contribution in [2.45, 2.75) is 6.42 Å². The Bertz CT molecular complexity index is 425. The van der Waals surface area contributed by atoms with E-state index in [0.29, 0.717) is 0 Å². The minimum atomic E-state index is -0.713. The van der Waals surface area contributed by atoms with E-state index in [0.717, 1.165) is 12.1 Å². The third-order valence-electron chi connectivity index (χ3n) is 1.73. The van der Waals surface area contributed by atoms with E-state index in [-0.39, 0.29) is 23.4 Å². The Kier molecular flexibility index (Phi) is 2.62. The fraction of sp³-hybridized carbons (Fsp3) is 0.125. The fourth-order valence-corrected chi connectivity index (χ4v) is 1.04. The minimum absolute atomic E-state index is 0.123. The molecule has 0 radical (unpaired) electrons. The molecule has 72 valence electrons. The first-order chi connectivity index (χ1) is 6.57. The van der Waals surface area contributed by atoms with E-state index in [2.05, 4.69) is 0 Å². The SMILES string of the molecule is N#CCc1c(F)ccc([N+](=O)[O-])c1N. The highest BCUT2D eigenvalue weighted by Gasteiger charge is 2.17. The Balaban J connectivity index is 3.35. The van der Waals surface area contributed by atoms with Crippen LogP contribution in [0.5, 0.6) is 0 Å². The van der Waals surface area contributed by atoms with Crippen molar-refractivity contribution >= 4 is 11.4 Å².